The Balaban J connectivity index is 1.69. The van der Waals surface area contributed by atoms with Crippen LogP contribution in [0.25, 0.3) is 10.2 Å². The fourth-order valence-corrected chi connectivity index (χ4v) is 5.57. The van der Waals surface area contributed by atoms with Crippen LogP contribution < -0.4 is 5.56 Å². The second-order valence-corrected chi connectivity index (χ2v) is 8.98. The second-order valence-electron chi connectivity index (χ2n) is 6.91. The predicted molar refractivity (Wildman–Crippen MR) is 115 cm³/mol. The molecule has 0 saturated heterocycles. The quantitative estimate of drug-likeness (QED) is 0.685. The number of fused-ring (bicyclic) bond motifs is 3. The lowest BCUT2D eigenvalue weighted by Crippen LogP contribution is -2.32. The summed E-state index contributed by atoms with van der Waals surface area (Å²) in [5, 5.41) is 0.773. The van der Waals surface area contributed by atoms with Crippen LogP contribution in [0.2, 0.25) is 0 Å². The number of nitrogens with zero attached hydrogens (tertiary/aromatic N) is 2. The predicted octanol–water partition coefficient (Wildman–Crippen LogP) is 3.54. The summed E-state index contributed by atoms with van der Waals surface area (Å²) in [6.45, 7) is 10.6. The van der Waals surface area contributed by atoms with Gasteiger partial charge in [0, 0.05) is 18.0 Å². The Morgan fingerprint density at radius 2 is 2.15 bits per heavy atom. The monoisotopic (exact) mass is 403 g/mol. The Bertz CT molecular complexity index is 906. The van der Waals surface area contributed by atoms with Crippen molar-refractivity contribution in [1.29, 1.82) is 0 Å². The summed E-state index contributed by atoms with van der Waals surface area (Å²) in [5.74, 6) is 2.17. The van der Waals surface area contributed by atoms with E-state index in [0.29, 0.717) is 36.3 Å². The Morgan fingerprint density at radius 3 is 2.85 bits per heavy atom. The lowest BCUT2D eigenvalue weighted by Gasteiger charge is -2.18. The van der Waals surface area contributed by atoms with E-state index >= 15 is 0 Å². The lowest BCUT2D eigenvalue weighted by molar-refractivity contribution is -0.127. The lowest BCUT2D eigenvalue weighted by atomic mass is 9.89. The summed E-state index contributed by atoms with van der Waals surface area (Å²) in [5.41, 5.74) is 1.15. The van der Waals surface area contributed by atoms with Crippen LogP contribution in [0.15, 0.2) is 30.1 Å². The van der Waals surface area contributed by atoms with E-state index in [0.717, 1.165) is 29.5 Å². The molecule has 1 N–H and O–H groups in total. The van der Waals surface area contributed by atoms with Gasteiger partial charge in [-0.25, -0.2) is 4.98 Å². The zero-order chi connectivity index (χ0) is 19.4. The van der Waals surface area contributed by atoms with E-state index < -0.39 is 0 Å². The van der Waals surface area contributed by atoms with E-state index in [1.807, 2.05) is 0 Å². The van der Waals surface area contributed by atoms with Gasteiger partial charge in [-0.2, -0.15) is 0 Å². The summed E-state index contributed by atoms with van der Waals surface area (Å²) in [4.78, 5) is 36.3. The van der Waals surface area contributed by atoms with Gasteiger partial charge in [0.15, 0.2) is 0 Å². The van der Waals surface area contributed by atoms with Crippen LogP contribution in [0.4, 0.5) is 0 Å². The summed E-state index contributed by atoms with van der Waals surface area (Å²) >= 11 is 3.11. The van der Waals surface area contributed by atoms with Gasteiger partial charge in [0.1, 0.15) is 10.7 Å². The smallest absolute Gasteiger partial charge is 0.259 e. The molecule has 27 heavy (non-hydrogen) atoms. The molecule has 3 rings (SSSR count). The first-order chi connectivity index (χ1) is 13.0. The highest BCUT2D eigenvalue weighted by Crippen LogP contribution is 2.35. The molecule has 2 aromatic heterocycles. The van der Waals surface area contributed by atoms with E-state index in [1.54, 1.807) is 28.4 Å². The molecule has 0 bridgehead atoms. The summed E-state index contributed by atoms with van der Waals surface area (Å²) in [6, 6.07) is 0. The number of hydrogen-bond acceptors (Lipinski definition) is 5. The third-order valence-electron chi connectivity index (χ3n) is 4.73. The summed E-state index contributed by atoms with van der Waals surface area (Å²) in [7, 11) is 0. The van der Waals surface area contributed by atoms with Crippen molar-refractivity contribution in [2.24, 2.45) is 5.92 Å². The van der Waals surface area contributed by atoms with Crippen molar-refractivity contribution in [1.82, 2.24) is 14.9 Å². The van der Waals surface area contributed by atoms with E-state index in [9.17, 15) is 9.59 Å². The average molecular weight is 404 g/mol. The molecule has 2 heterocycles. The van der Waals surface area contributed by atoms with Crippen LogP contribution >= 0.6 is 23.1 Å². The SMILES string of the molecule is C=CCN(CC=C)C(=O)CSCc1nc2sc3c(c2c(=O)[nH]1)CC[C@@H](C)C3. The third kappa shape index (κ3) is 4.52. The number of carbonyl (C=O) groups excluding carboxylic acids is 1. The minimum atomic E-state index is -0.0473. The molecule has 7 heteroatoms. The molecule has 144 valence electrons. The number of hydrogen-bond donors (Lipinski definition) is 1. The molecule has 1 aliphatic carbocycles. The van der Waals surface area contributed by atoms with Crippen LogP contribution in [0, 0.1) is 5.92 Å². The summed E-state index contributed by atoms with van der Waals surface area (Å²) < 4.78 is 0. The Labute approximate surface area is 167 Å². The van der Waals surface area contributed by atoms with Crippen LogP contribution in [0.5, 0.6) is 0 Å². The number of thiophene rings is 1. The van der Waals surface area contributed by atoms with Gasteiger partial charge in [-0.3, -0.25) is 9.59 Å². The molecule has 0 saturated carbocycles. The topological polar surface area (TPSA) is 66.1 Å². The fraction of sp³-hybridized carbons (Fsp3) is 0.450. The van der Waals surface area contributed by atoms with Crippen molar-refractivity contribution in [2.45, 2.75) is 31.9 Å². The molecule has 1 atom stereocenters. The first-order valence-corrected chi connectivity index (χ1v) is 11.1. The number of aromatic amines is 1. The van der Waals surface area contributed by atoms with Gasteiger partial charge in [0.2, 0.25) is 5.91 Å². The maximum atomic E-state index is 12.6. The number of aryl methyl sites for hydroxylation is 1. The van der Waals surface area contributed by atoms with Gasteiger partial charge in [0.05, 0.1) is 16.9 Å². The molecule has 5 nitrogen and oxygen atoms in total. The molecule has 0 fully saturated rings. The van der Waals surface area contributed by atoms with Gasteiger partial charge in [0.25, 0.3) is 5.56 Å². The molecule has 1 amide bonds. The molecular weight excluding hydrogens is 378 g/mol. The zero-order valence-electron chi connectivity index (χ0n) is 15.6. The minimum absolute atomic E-state index is 0.0313. The minimum Gasteiger partial charge on any atom is -0.335 e. The maximum Gasteiger partial charge on any atom is 0.259 e. The molecule has 0 spiro atoms. The molecule has 0 radical (unpaired) electrons. The number of rotatable bonds is 8. The van der Waals surface area contributed by atoms with Crippen LogP contribution in [-0.4, -0.2) is 39.6 Å². The highest BCUT2D eigenvalue weighted by atomic mass is 32.2. The van der Waals surface area contributed by atoms with Crippen LogP contribution in [0.3, 0.4) is 0 Å². The highest BCUT2D eigenvalue weighted by Gasteiger charge is 2.23. The third-order valence-corrected chi connectivity index (χ3v) is 6.81. The van der Waals surface area contributed by atoms with Crippen LogP contribution in [-0.2, 0) is 23.4 Å². The molecule has 2 aromatic rings. The van der Waals surface area contributed by atoms with Gasteiger partial charge in [-0.1, -0.05) is 19.1 Å². The largest absolute Gasteiger partial charge is 0.335 e. The molecule has 1 aliphatic rings. The van der Waals surface area contributed by atoms with Gasteiger partial charge in [-0.05, 0) is 30.7 Å². The van der Waals surface area contributed by atoms with Gasteiger partial charge < -0.3 is 9.88 Å². The molecule has 0 aromatic carbocycles. The highest BCUT2D eigenvalue weighted by molar-refractivity contribution is 7.99. The first-order valence-electron chi connectivity index (χ1n) is 9.14. The Hall–Kier alpha value is -1.86. The zero-order valence-corrected chi connectivity index (χ0v) is 17.3. The van der Waals surface area contributed by atoms with Crippen molar-refractivity contribution in [2.75, 3.05) is 18.8 Å². The standard InChI is InChI=1S/C20H25N3O2S2/c1-4-8-23(9-5-2)17(24)12-26-11-16-21-19(25)18-14-7-6-13(3)10-15(14)27-20(18)22-16/h4-5,13H,1-2,6-12H2,3H3,(H,21,22,25)/t13-/m1/s1. The maximum absolute atomic E-state index is 12.6. The number of nitrogens with one attached hydrogen (secondary N) is 1. The number of H-pyrrole nitrogens is 1. The van der Waals surface area contributed by atoms with Gasteiger partial charge >= 0.3 is 0 Å². The Morgan fingerprint density at radius 1 is 1.41 bits per heavy atom. The van der Waals surface area contributed by atoms with Crippen molar-refractivity contribution in [3.8, 4) is 0 Å². The number of aromatic nitrogens is 2. The van der Waals surface area contributed by atoms with E-state index in [1.165, 1.54) is 22.2 Å². The average Bonchev–Trinajstić information content (AvgIpc) is 2.99. The van der Waals surface area contributed by atoms with Crippen molar-refractivity contribution < 1.29 is 4.79 Å². The summed E-state index contributed by atoms with van der Waals surface area (Å²) in [6.07, 6.45) is 6.55. The Kier molecular flexibility index (Phi) is 6.55. The first kappa shape index (κ1) is 19.9. The normalized spacial score (nSPS) is 16.1. The molecule has 0 aliphatic heterocycles. The van der Waals surface area contributed by atoms with Crippen LogP contribution in [0.1, 0.15) is 29.6 Å². The van der Waals surface area contributed by atoms with E-state index in [4.69, 9.17) is 0 Å². The molecular formula is C20H25N3O2S2. The second kappa shape index (κ2) is 8.89. The number of amides is 1. The van der Waals surface area contributed by atoms with E-state index in [2.05, 4.69) is 30.0 Å². The van der Waals surface area contributed by atoms with Crippen molar-refractivity contribution in [3.05, 3.63) is 51.9 Å². The molecule has 0 unspecified atom stereocenters. The van der Waals surface area contributed by atoms with Crippen molar-refractivity contribution in [3.63, 3.8) is 0 Å². The van der Waals surface area contributed by atoms with E-state index in [-0.39, 0.29) is 11.5 Å². The number of thioether (sulfide) groups is 1. The fourth-order valence-electron chi connectivity index (χ4n) is 3.38. The number of carbonyl (C=O) groups is 1. The van der Waals surface area contributed by atoms with Crippen molar-refractivity contribution >= 4 is 39.2 Å². The van der Waals surface area contributed by atoms with Gasteiger partial charge in [-0.15, -0.1) is 36.3 Å².